The third-order valence-electron chi connectivity index (χ3n) is 3.53. The van der Waals surface area contributed by atoms with Gasteiger partial charge in [-0.1, -0.05) is 30.3 Å². The number of halogens is 1. The summed E-state index contributed by atoms with van der Waals surface area (Å²) in [6, 6.07) is 12.5. The number of rotatable bonds is 4. The van der Waals surface area contributed by atoms with Crippen molar-refractivity contribution in [3.05, 3.63) is 59.9 Å². The summed E-state index contributed by atoms with van der Waals surface area (Å²) in [5, 5.41) is 0. The average molecular weight is 334 g/mol. The summed E-state index contributed by atoms with van der Waals surface area (Å²) in [6.07, 6.45) is 0. The normalized spacial score (nSPS) is 14.7. The first-order valence-corrected chi connectivity index (χ1v) is 8.44. The van der Waals surface area contributed by atoms with Crippen molar-refractivity contribution in [2.24, 2.45) is 4.99 Å². The van der Waals surface area contributed by atoms with Crippen molar-refractivity contribution in [1.82, 2.24) is 4.31 Å². The molecule has 0 unspecified atom stereocenters. The van der Waals surface area contributed by atoms with Crippen LogP contribution in [0.3, 0.4) is 0 Å². The molecule has 0 aromatic heterocycles. The summed E-state index contributed by atoms with van der Waals surface area (Å²) in [6.45, 7) is 0.577. The Kier molecular flexibility index (Phi) is 4.04. The molecule has 0 fully saturated rings. The first-order chi connectivity index (χ1) is 11.0. The maximum Gasteiger partial charge on any atom is 0.269 e. The first-order valence-electron chi connectivity index (χ1n) is 7.00. The molecule has 0 radical (unpaired) electrons. The highest BCUT2D eigenvalue weighted by Crippen LogP contribution is 2.29. The Morgan fingerprint density at radius 1 is 1.17 bits per heavy atom. The van der Waals surface area contributed by atoms with E-state index in [2.05, 4.69) is 4.99 Å². The van der Waals surface area contributed by atoms with Crippen molar-refractivity contribution in [2.75, 3.05) is 20.2 Å². The van der Waals surface area contributed by atoms with E-state index in [9.17, 15) is 12.8 Å². The summed E-state index contributed by atoms with van der Waals surface area (Å²) in [7, 11) is -2.61. The molecule has 0 N–H and O–H groups in total. The van der Waals surface area contributed by atoms with Crippen LogP contribution < -0.4 is 4.74 Å². The molecule has 2 aromatic carbocycles. The van der Waals surface area contributed by atoms with E-state index in [1.807, 2.05) is 18.2 Å². The second kappa shape index (κ2) is 6.00. The van der Waals surface area contributed by atoms with Gasteiger partial charge in [-0.2, -0.15) is 0 Å². The van der Waals surface area contributed by atoms with Gasteiger partial charge in [0.25, 0.3) is 10.0 Å². The van der Waals surface area contributed by atoms with E-state index < -0.39 is 15.8 Å². The monoisotopic (exact) mass is 334 g/mol. The maximum absolute atomic E-state index is 13.6. The zero-order valence-electron chi connectivity index (χ0n) is 12.4. The van der Waals surface area contributed by atoms with Gasteiger partial charge in [-0.15, -0.1) is 0 Å². The van der Waals surface area contributed by atoms with Crippen molar-refractivity contribution in [3.63, 3.8) is 0 Å². The van der Waals surface area contributed by atoms with Gasteiger partial charge in [-0.3, -0.25) is 4.99 Å². The van der Waals surface area contributed by atoms with E-state index in [0.29, 0.717) is 17.9 Å². The average Bonchev–Trinajstić information content (AvgIpc) is 3.06. The molecule has 1 aliphatic rings. The Morgan fingerprint density at radius 2 is 1.91 bits per heavy atom. The van der Waals surface area contributed by atoms with Gasteiger partial charge in [0.15, 0.2) is 0 Å². The van der Waals surface area contributed by atoms with Crippen LogP contribution in [0.25, 0.3) is 0 Å². The first kappa shape index (κ1) is 15.5. The fourth-order valence-corrected chi connectivity index (χ4v) is 4.08. The standard InChI is InChI=1S/C16H15FN2O3S/c1-22-14-8-7-13(17)11-15(14)23(20,21)19-10-9-18-16(19)12-5-3-2-4-6-12/h2-8,11H,9-10H2,1H3. The minimum absolute atomic E-state index is 0.103. The third-order valence-corrected chi connectivity index (χ3v) is 5.34. The fraction of sp³-hybridized carbons (Fsp3) is 0.188. The molecule has 1 heterocycles. The van der Waals surface area contributed by atoms with Crippen LogP contribution in [-0.4, -0.2) is 38.8 Å². The lowest BCUT2D eigenvalue weighted by Gasteiger charge is -2.21. The number of methoxy groups -OCH3 is 1. The molecule has 0 saturated heterocycles. The zero-order chi connectivity index (χ0) is 16.4. The second-order valence-electron chi connectivity index (χ2n) is 4.94. The van der Waals surface area contributed by atoms with Crippen molar-refractivity contribution >= 4 is 15.9 Å². The molecule has 1 aliphatic heterocycles. The predicted molar refractivity (Wildman–Crippen MR) is 84.7 cm³/mol. The van der Waals surface area contributed by atoms with Crippen LogP contribution in [0.4, 0.5) is 4.39 Å². The van der Waals surface area contributed by atoms with E-state index in [4.69, 9.17) is 4.74 Å². The Bertz CT molecular complexity index is 851. The van der Waals surface area contributed by atoms with E-state index in [1.165, 1.54) is 17.5 Å². The van der Waals surface area contributed by atoms with Crippen LogP contribution in [0, 0.1) is 5.82 Å². The minimum Gasteiger partial charge on any atom is -0.495 e. The topological polar surface area (TPSA) is 59.0 Å². The third kappa shape index (κ3) is 2.79. The Morgan fingerprint density at radius 3 is 2.61 bits per heavy atom. The molecule has 2 aromatic rings. The summed E-state index contributed by atoms with van der Waals surface area (Å²) >= 11 is 0. The van der Waals surface area contributed by atoms with Gasteiger partial charge in [0.2, 0.25) is 0 Å². The van der Waals surface area contributed by atoms with E-state index in [1.54, 1.807) is 12.1 Å². The van der Waals surface area contributed by atoms with E-state index in [0.717, 1.165) is 12.1 Å². The number of sulfonamides is 1. The molecule has 0 saturated carbocycles. The molecule has 23 heavy (non-hydrogen) atoms. The molecule has 5 nitrogen and oxygen atoms in total. The van der Waals surface area contributed by atoms with Crippen LogP contribution in [0.5, 0.6) is 5.75 Å². The quantitative estimate of drug-likeness (QED) is 0.862. The van der Waals surface area contributed by atoms with Gasteiger partial charge in [0.05, 0.1) is 20.2 Å². The number of aliphatic imine (C=N–C) groups is 1. The SMILES string of the molecule is COc1ccc(F)cc1S(=O)(=O)N1CCN=C1c1ccccc1. The maximum atomic E-state index is 13.6. The van der Waals surface area contributed by atoms with Gasteiger partial charge < -0.3 is 4.74 Å². The van der Waals surface area contributed by atoms with Crippen molar-refractivity contribution in [2.45, 2.75) is 4.90 Å². The van der Waals surface area contributed by atoms with Crippen LogP contribution in [0.1, 0.15) is 5.56 Å². The highest BCUT2D eigenvalue weighted by Gasteiger charge is 2.33. The molecular formula is C16H15FN2O3S. The Hall–Kier alpha value is -2.41. The summed E-state index contributed by atoms with van der Waals surface area (Å²) in [5.41, 5.74) is 0.698. The fourth-order valence-electron chi connectivity index (χ4n) is 2.46. The molecule has 7 heteroatoms. The predicted octanol–water partition coefficient (Wildman–Crippen LogP) is 2.29. The van der Waals surface area contributed by atoms with Crippen molar-refractivity contribution in [3.8, 4) is 5.75 Å². The summed E-state index contributed by atoms with van der Waals surface area (Å²) in [5.74, 6) is -0.176. The smallest absolute Gasteiger partial charge is 0.269 e. The van der Waals surface area contributed by atoms with Gasteiger partial charge >= 0.3 is 0 Å². The molecule has 0 atom stereocenters. The Balaban J connectivity index is 2.07. The highest BCUT2D eigenvalue weighted by atomic mass is 32.2. The molecule has 0 amide bonds. The summed E-state index contributed by atoms with van der Waals surface area (Å²) in [4.78, 5) is 4.08. The molecule has 0 aliphatic carbocycles. The second-order valence-corrected chi connectivity index (χ2v) is 6.77. The number of amidine groups is 1. The molecule has 0 spiro atoms. The van der Waals surface area contributed by atoms with Crippen LogP contribution in [0.2, 0.25) is 0 Å². The molecule has 3 rings (SSSR count). The molecule has 120 valence electrons. The van der Waals surface area contributed by atoms with Crippen LogP contribution in [-0.2, 0) is 10.0 Å². The number of hydrogen-bond acceptors (Lipinski definition) is 4. The number of hydrogen-bond donors (Lipinski definition) is 0. The largest absolute Gasteiger partial charge is 0.495 e. The Labute approximate surface area is 134 Å². The van der Waals surface area contributed by atoms with Crippen molar-refractivity contribution < 1.29 is 17.5 Å². The lowest BCUT2D eigenvalue weighted by Crippen LogP contribution is -2.35. The van der Waals surface area contributed by atoms with E-state index in [-0.39, 0.29) is 17.2 Å². The van der Waals surface area contributed by atoms with E-state index >= 15 is 0 Å². The minimum atomic E-state index is -3.96. The van der Waals surface area contributed by atoms with Gasteiger partial charge in [-0.05, 0) is 18.2 Å². The van der Waals surface area contributed by atoms with Gasteiger partial charge in [0, 0.05) is 5.56 Å². The van der Waals surface area contributed by atoms with Crippen molar-refractivity contribution in [1.29, 1.82) is 0 Å². The van der Waals surface area contributed by atoms with Crippen LogP contribution >= 0.6 is 0 Å². The van der Waals surface area contributed by atoms with Gasteiger partial charge in [0.1, 0.15) is 22.3 Å². The summed E-state index contributed by atoms with van der Waals surface area (Å²) < 4.78 is 45.7. The van der Waals surface area contributed by atoms with Gasteiger partial charge in [-0.25, -0.2) is 17.1 Å². The zero-order valence-corrected chi connectivity index (χ0v) is 13.3. The van der Waals surface area contributed by atoms with Crippen LogP contribution in [0.15, 0.2) is 58.4 Å². The molecular weight excluding hydrogens is 319 g/mol. The number of ether oxygens (including phenoxy) is 1. The highest BCUT2D eigenvalue weighted by molar-refractivity contribution is 7.89. The number of nitrogens with zero attached hydrogens (tertiary/aromatic N) is 2. The molecule has 0 bridgehead atoms. The lowest BCUT2D eigenvalue weighted by molar-refractivity contribution is 0.399. The lowest BCUT2D eigenvalue weighted by atomic mass is 10.2. The number of benzene rings is 2.